The number of aromatic amines is 1. The molecule has 0 spiro atoms. The number of hydrogen-bond donors (Lipinski definition) is 2. The summed E-state index contributed by atoms with van der Waals surface area (Å²) in [5.41, 5.74) is 4.87. The second-order valence-corrected chi connectivity index (χ2v) is 7.71. The summed E-state index contributed by atoms with van der Waals surface area (Å²) in [6.07, 6.45) is 0. The molecule has 0 aliphatic rings. The molecular formula is C27H23N3O3. The largest absolute Gasteiger partial charge is 0.497 e. The highest BCUT2D eigenvalue weighted by molar-refractivity contribution is 6.13. The van der Waals surface area contributed by atoms with Gasteiger partial charge in [0.25, 0.3) is 5.91 Å². The van der Waals surface area contributed by atoms with Crippen LogP contribution in [-0.4, -0.2) is 30.1 Å². The van der Waals surface area contributed by atoms with E-state index in [1.807, 2.05) is 78.9 Å². The van der Waals surface area contributed by atoms with Crippen LogP contribution in [0.15, 0.2) is 78.9 Å². The van der Waals surface area contributed by atoms with Crippen LogP contribution in [0.4, 0.5) is 0 Å². The molecule has 0 bridgehead atoms. The van der Waals surface area contributed by atoms with Crippen LogP contribution in [0.3, 0.4) is 0 Å². The van der Waals surface area contributed by atoms with Gasteiger partial charge in [-0.05, 0) is 54.1 Å². The van der Waals surface area contributed by atoms with Crippen molar-refractivity contribution in [2.75, 3.05) is 14.2 Å². The molecule has 0 atom stereocenters. The molecule has 0 fully saturated rings. The van der Waals surface area contributed by atoms with Crippen molar-refractivity contribution < 1.29 is 14.3 Å². The van der Waals surface area contributed by atoms with Gasteiger partial charge in [-0.3, -0.25) is 4.79 Å². The van der Waals surface area contributed by atoms with Gasteiger partial charge in [0, 0.05) is 28.4 Å². The average molecular weight is 437 g/mol. The standard InChI is InChI=1S/C27H23N3O3/c1-32-19-11-7-17(8-12-19)16-28-27(31)24-15-22-21-5-3-4-6-23(21)29-26(22)25(30-24)18-9-13-20(33-2)14-10-18/h3-15,29H,16H2,1-2H3,(H,28,31). The fourth-order valence-corrected chi connectivity index (χ4v) is 3.94. The van der Waals surface area contributed by atoms with E-state index in [4.69, 9.17) is 14.5 Å². The number of fused-ring (bicyclic) bond motifs is 3. The fourth-order valence-electron chi connectivity index (χ4n) is 3.94. The molecule has 0 aliphatic carbocycles. The second-order valence-electron chi connectivity index (χ2n) is 7.71. The lowest BCUT2D eigenvalue weighted by Gasteiger charge is -2.10. The monoisotopic (exact) mass is 437 g/mol. The number of carbonyl (C=O) groups excluding carboxylic acids is 1. The van der Waals surface area contributed by atoms with Crippen molar-refractivity contribution in [2.45, 2.75) is 6.54 Å². The summed E-state index contributed by atoms with van der Waals surface area (Å²) in [6.45, 7) is 0.397. The zero-order valence-corrected chi connectivity index (χ0v) is 18.4. The van der Waals surface area contributed by atoms with Crippen LogP contribution in [0.25, 0.3) is 33.1 Å². The number of nitrogens with one attached hydrogen (secondary N) is 2. The highest BCUT2D eigenvalue weighted by Crippen LogP contribution is 2.33. The molecule has 0 saturated heterocycles. The van der Waals surface area contributed by atoms with Crippen LogP contribution in [0.2, 0.25) is 0 Å². The number of hydrogen-bond acceptors (Lipinski definition) is 4. The van der Waals surface area contributed by atoms with Gasteiger partial charge in [0.05, 0.1) is 25.4 Å². The quantitative estimate of drug-likeness (QED) is 0.376. The van der Waals surface area contributed by atoms with Crippen molar-refractivity contribution in [1.29, 1.82) is 0 Å². The predicted molar refractivity (Wildman–Crippen MR) is 130 cm³/mol. The molecule has 6 nitrogen and oxygen atoms in total. The molecule has 5 rings (SSSR count). The molecule has 0 unspecified atom stereocenters. The Morgan fingerprint density at radius 2 is 1.55 bits per heavy atom. The summed E-state index contributed by atoms with van der Waals surface area (Å²) in [5.74, 6) is 1.31. The Morgan fingerprint density at radius 1 is 0.879 bits per heavy atom. The van der Waals surface area contributed by atoms with Crippen LogP contribution in [0, 0.1) is 0 Å². The normalized spacial score (nSPS) is 11.0. The van der Waals surface area contributed by atoms with E-state index in [0.717, 1.165) is 50.1 Å². The van der Waals surface area contributed by atoms with Gasteiger partial charge in [-0.1, -0.05) is 30.3 Å². The number of aromatic nitrogens is 2. The Balaban J connectivity index is 1.54. The molecule has 0 saturated carbocycles. The number of rotatable bonds is 6. The summed E-state index contributed by atoms with van der Waals surface area (Å²) in [5, 5.41) is 4.99. The summed E-state index contributed by atoms with van der Waals surface area (Å²) in [6, 6.07) is 25.2. The Bertz CT molecular complexity index is 1440. The Hall–Kier alpha value is -4.32. The highest BCUT2D eigenvalue weighted by Gasteiger charge is 2.17. The number of nitrogens with zero attached hydrogens (tertiary/aromatic N) is 1. The zero-order valence-electron chi connectivity index (χ0n) is 18.4. The van der Waals surface area contributed by atoms with Crippen LogP contribution in [0.1, 0.15) is 16.1 Å². The number of amides is 1. The average Bonchev–Trinajstić information content (AvgIpc) is 3.26. The van der Waals surface area contributed by atoms with Crippen molar-refractivity contribution in [2.24, 2.45) is 0 Å². The first kappa shape index (κ1) is 20.6. The molecule has 0 radical (unpaired) electrons. The van der Waals surface area contributed by atoms with Gasteiger partial charge in [0.1, 0.15) is 17.2 Å². The lowest BCUT2D eigenvalue weighted by molar-refractivity contribution is 0.0946. The first-order valence-corrected chi connectivity index (χ1v) is 10.6. The number of methoxy groups -OCH3 is 2. The molecule has 1 amide bonds. The summed E-state index contributed by atoms with van der Waals surface area (Å²) >= 11 is 0. The third-order valence-electron chi connectivity index (χ3n) is 5.70. The topological polar surface area (TPSA) is 76.2 Å². The van der Waals surface area contributed by atoms with Gasteiger partial charge in [-0.25, -0.2) is 4.98 Å². The molecule has 5 aromatic rings. The summed E-state index contributed by atoms with van der Waals surface area (Å²) in [4.78, 5) is 21.3. The van der Waals surface area contributed by atoms with Gasteiger partial charge >= 0.3 is 0 Å². The van der Waals surface area contributed by atoms with Crippen molar-refractivity contribution in [3.05, 3.63) is 90.1 Å². The third-order valence-corrected chi connectivity index (χ3v) is 5.70. The van der Waals surface area contributed by atoms with Crippen LogP contribution < -0.4 is 14.8 Å². The maximum Gasteiger partial charge on any atom is 0.270 e. The predicted octanol–water partition coefficient (Wildman–Crippen LogP) is 5.33. The Labute approximate surface area is 191 Å². The number of H-pyrrole nitrogens is 1. The molecule has 2 N–H and O–H groups in total. The van der Waals surface area contributed by atoms with Crippen LogP contribution in [-0.2, 0) is 6.54 Å². The van der Waals surface area contributed by atoms with E-state index >= 15 is 0 Å². The van der Waals surface area contributed by atoms with Gasteiger partial charge in [0.15, 0.2) is 0 Å². The molecule has 2 heterocycles. The Kier molecular flexibility index (Phi) is 5.40. The van der Waals surface area contributed by atoms with Gasteiger partial charge in [0.2, 0.25) is 0 Å². The molecule has 2 aromatic heterocycles. The molecular weight excluding hydrogens is 414 g/mol. The molecule has 0 aliphatic heterocycles. The second kappa shape index (κ2) is 8.67. The van der Waals surface area contributed by atoms with Crippen LogP contribution >= 0.6 is 0 Å². The molecule has 3 aromatic carbocycles. The minimum absolute atomic E-state index is 0.229. The van der Waals surface area contributed by atoms with E-state index in [1.165, 1.54) is 0 Å². The number of benzene rings is 3. The van der Waals surface area contributed by atoms with E-state index in [1.54, 1.807) is 14.2 Å². The molecule has 33 heavy (non-hydrogen) atoms. The summed E-state index contributed by atoms with van der Waals surface area (Å²) in [7, 11) is 3.26. The van der Waals surface area contributed by atoms with Crippen molar-refractivity contribution in [3.63, 3.8) is 0 Å². The van der Waals surface area contributed by atoms with Gasteiger partial charge < -0.3 is 19.8 Å². The van der Waals surface area contributed by atoms with Gasteiger partial charge in [-0.15, -0.1) is 0 Å². The van der Waals surface area contributed by atoms with E-state index in [9.17, 15) is 4.79 Å². The number of ether oxygens (including phenoxy) is 2. The van der Waals surface area contributed by atoms with E-state index in [0.29, 0.717) is 12.2 Å². The first-order valence-electron chi connectivity index (χ1n) is 10.6. The maximum absolute atomic E-state index is 13.1. The number of carbonyl (C=O) groups is 1. The minimum Gasteiger partial charge on any atom is -0.497 e. The fraction of sp³-hybridized carbons (Fsp3) is 0.111. The lowest BCUT2D eigenvalue weighted by atomic mass is 10.1. The first-order chi connectivity index (χ1) is 16.2. The molecule has 164 valence electrons. The van der Waals surface area contributed by atoms with Gasteiger partial charge in [-0.2, -0.15) is 0 Å². The van der Waals surface area contributed by atoms with E-state index in [-0.39, 0.29) is 5.91 Å². The maximum atomic E-state index is 13.1. The Morgan fingerprint density at radius 3 is 2.24 bits per heavy atom. The summed E-state index contributed by atoms with van der Waals surface area (Å²) < 4.78 is 10.5. The van der Waals surface area contributed by atoms with Crippen molar-refractivity contribution in [1.82, 2.24) is 15.3 Å². The zero-order chi connectivity index (χ0) is 22.8. The smallest absolute Gasteiger partial charge is 0.270 e. The number of pyridine rings is 1. The van der Waals surface area contributed by atoms with E-state index < -0.39 is 0 Å². The van der Waals surface area contributed by atoms with Crippen molar-refractivity contribution >= 4 is 27.7 Å². The number of para-hydroxylation sites is 1. The van der Waals surface area contributed by atoms with E-state index in [2.05, 4.69) is 10.3 Å². The highest BCUT2D eigenvalue weighted by atomic mass is 16.5. The van der Waals surface area contributed by atoms with Crippen molar-refractivity contribution in [3.8, 4) is 22.8 Å². The lowest BCUT2D eigenvalue weighted by Crippen LogP contribution is -2.24. The van der Waals surface area contributed by atoms with Crippen LogP contribution in [0.5, 0.6) is 11.5 Å². The SMILES string of the molecule is COc1ccc(CNC(=O)c2cc3c([nH]c4ccccc43)c(-c3ccc(OC)cc3)n2)cc1. The minimum atomic E-state index is -0.229. The molecule has 6 heteroatoms. The third kappa shape index (κ3) is 3.99.